The first-order chi connectivity index (χ1) is 6.72. The molecule has 1 N–H and O–H groups in total. The zero-order chi connectivity index (χ0) is 10.6. The molecular weight excluding hydrogens is 170 g/mol. The molecule has 1 nitrogen and oxygen atoms in total. The van der Waals surface area contributed by atoms with Crippen molar-refractivity contribution < 1.29 is 0 Å². The highest BCUT2D eigenvalue weighted by atomic mass is 14.9. The molecule has 0 amide bonds. The summed E-state index contributed by atoms with van der Waals surface area (Å²) in [5.74, 6) is 0. The van der Waals surface area contributed by atoms with Gasteiger partial charge in [0.25, 0.3) is 0 Å². The Morgan fingerprint density at radius 1 is 1.36 bits per heavy atom. The largest absolute Gasteiger partial charge is 0.385 e. The maximum Gasteiger partial charge on any atom is 0.0416 e. The van der Waals surface area contributed by atoms with Crippen molar-refractivity contribution in [3.63, 3.8) is 0 Å². The fraction of sp³-hybridized carbons (Fsp3) is 0.385. The highest BCUT2D eigenvalue weighted by Crippen LogP contribution is 2.22. The van der Waals surface area contributed by atoms with Crippen molar-refractivity contribution in [1.82, 2.24) is 0 Å². The smallest absolute Gasteiger partial charge is 0.0416 e. The summed E-state index contributed by atoms with van der Waals surface area (Å²) in [5, 5.41) is 3.36. The van der Waals surface area contributed by atoms with Crippen LogP contribution in [0.5, 0.6) is 0 Å². The Kier molecular flexibility index (Phi) is 3.75. The summed E-state index contributed by atoms with van der Waals surface area (Å²) in [4.78, 5) is 0. The molecule has 1 heteroatoms. The third-order valence-electron chi connectivity index (χ3n) is 2.48. The quantitative estimate of drug-likeness (QED) is 0.762. The van der Waals surface area contributed by atoms with Crippen LogP contribution < -0.4 is 5.32 Å². The van der Waals surface area contributed by atoms with E-state index >= 15 is 0 Å². The van der Waals surface area contributed by atoms with Crippen LogP contribution >= 0.6 is 0 Å². The number of nitrogens with one attached hydrogen (secondary N) is 1. The molecule has 0 atom stereocenters. The lowest BCUT2D eigenvalue weighted by molar-refractivity contribution is 1.10. The number of rotatable bonds is 4. The number of hydrogen-bond acceptors (Lipinski definition) is 1. The lowest BCUT2D eigenvalue weighted by Gasteiger charge is -2.12. The van der Waals surface area contributed by atoms with E-state index in [1.165, 1.54) is 22.4 Å². The van der Waals surface area contributed by atoms with Crippen molar-refractivity contribution in [3.05, 3.63) is 35.4 Å². The van der Waals surface area contributed by atoms with E-state index in [1.54, 1.807) is 0 Å². The molecule has 0 aromatic heterocycles. The van der Waals surface area contributed by atoms with E-state index in [2.05, 4.69) is 44.8 Å². The molecule has 0 aliphatic rings. The molecule has 1 aromatic carbocycles. The van der Waals surface area contributed by atoms with Crippen LogP contribution in [0.15, 0.2) is 18.7 Å². The van der Waals surface area contributed by atoms with Gasteiger partial charge in [-0.15, -0.1) is 0 Å². The molecule has 0 saturated carbocycles. The van der Waals surface area contributed by atoms with Gasteiger partial charge in [-0.2, -0.15) is 0 Å². The number of hydrogen-bond donors (Lipinski definition) is 1. The van der Waals surface area contributed by atoms with Gasteiger partial charge < -0.3 is 5.32 Å². The van der Waals surface area contributed by atoms with Gasteiger partial charge in [-0.3, -0.25) is 0 Å². The minimum atomic E-state index is 0.951. The first kappa shape index (κ1) is 10.8. The molecule has 0 aliphatic carbocycles. The topological polar surface area (TPSA) is 12.0 Å². The van der Waals surface area contributed by atoms with Gasteiger partial charge in [-0.1, -0.05) is 19.6 Å². The highest BCUT2D eigenvalue weighted by molar-refractivity contribution is 5.67. The van der Waals surface area contributed by atoms with Crippen LogP contribution in [0.25, 0.3) is 6.08 Å². The van der Waals surface area contributed by atoms with Crippen LogP contribution in [0.2, 0.25) is 0 Å². The molecule has 0 radical (unpaired) electrons. The highest BCUT2D eigenvalue weighted by Gasteiger charge is 2.02. The van der Waals surface area contributed by atoms with Gasteiger partial charge in [0.2, 0.25) is 0 Å². The van der Waals surface area contributed by atoms with Gasteiger partial charge >= 0.3 is 0 Å². The summed E-state index contributed by atoms with van der Waals surface area (Å²) in [6.45, 7) is 11.2. The first-order valence-corrected chi connectivity index (χ1v) is 5.22. The Balaban J connectivity index is 3.17. The van der Waals surface area contributed by atoms with Gasteiger partial charge in [0.05, 0.1) is 0 Å². The summed E-state index contributed by atoms with van der Waals surface area (Å²) in [5.41, 5.74) is 5.15. The predicted molar refractivity (Wildman–Crippen MR) is 64.8 cm³/mol. The van der Waals surface area contributed by atoms with Crippen LogP contribution in [0, 0.1) is 6.92 Å². The van der Waals surface area contributed by atoms with Gasteiger partial charge in [-0.25, -0.2) is 0 Å². The Hall–Kier alpha value is -1.24. The van der Waals surface area contributed by atoms with Crippen LogP contribution in [0.1, 0.15) is 30.5 Å². The van der Waals surface area contributed by atoms with Gasteiger partial charge in [0.15, 0.2) is 0 Å². The number of anilines is 1. The summed E-state index contributed by atoms with van der Waals surface area (Å²) in [7, 11) is 0. The fourth-order valence-corrected chi connectivity index (χ4v) is 1.67. The van der Waals surface area contributed by atoms with Crippen LogP contribution in [-0.2, 0) is 6.42 Å². The third-order valence-corrected chi connectivity index (χ3v) is 2.48. The molecule has 1 aromatic rings. The molecule has 0 unspecified atom stereocenters. The van der Waals surface area contributed by atoms with Gasteiger partial charge in [0.1, 0.15) is 0 Å². The van der Waals surface area contributed by atoms with E-state index < -0.39 is 0 Å². The van der Waals surface area contributed by atoms with E-state index in [1.807, 2.05) is 6.08 Å². The first-order valence-electron chi connectivity index (χ1n) is 5.22. The van der Waals surface area contributed by atoms with E-state index in [0.29, 0.717) is 0 Å². The van der Waals surface area contributed by atoms with Gasteiger partial charge in [0, 0.05) is 12.2 Å². The molecule has 0 fully saturated rings. The molecule has 0 spiro atoms. The summed E-state index contributed by atoms with van der Waals surface area (Å²) < 4.78 is 0. The van der Waals surface area contributed by atoms with E-state index in [9.17, 15) is 0 Å². The SMILES string of the molecule is C=Cc1cc(C)c(CC)cc1NCC. The van der Waals surface area contributed by atoms with Crippen LogP contribution in [0.4, 0.5) is 5.69 Å². The summed E-state index contributed by atoms with van der Waals surface area (Å²) >= 11 is 0. The Bertz CT molecular complexity index is 326. The minimum Gasteiger partial charge on any atom is -0.385 e. The van der Waals surface area contributed by atoms with Crippen molar-refractivity contribution in [3.8, 4) is 0 Å². The standard InChI is InChI=1S/C13H19N/c1-5-11-9-13(14-7-3)12(6-2)8-10(11)4/h6,8-9,14H,2,5,7H2,1,3-4H3. The molecule has 14 heavy (non-hydrogen) atoms. The molecular formula is C13H19N. The Morgan fingerprint density at radius 2 is 2.07 bits per heavy atom. The minimum absolute atomic E-state index is 0.951. The normalized spacial score (nSPS) is 9.93. The van der Waals surface area contributed by atoms with Crippen molar-refractivity contribution in [2.45, 2.75) is 27.2 Å². The van der Waals surface area contributed by atoms with E-state index in [-0.39, 0.29) is 0 Å². The number of benzene rings is 1. The maximum atomic E-state index is 3.83. The molecule has 0 aliphatic heterocycles. The van der Waals surface area contributed by atoms with Crippen molar-refractivity contribution in [2.24, 2.45) is 0 Å². The zero-order valence-electron chi connectivity index (χ0n) is 9.35. The summed E-state index contributed by atoms with van der Waals surface area (Å²) in [6, 6.07) is 4.43. The van der Waals surface area contributed by atoms with Crippen LogP contribution in [-0.4, -0.2) is 6.54 Å². The molecule has 0 bridgehead atoms. The van der Waals surface area contributed by atoms with Crippen LogP contribution in [0.3, 0.4) is 0 Å². The van der Waals surface area contributed by atoms with Crippen molar-refractivity contribution >= 4 is 11.8 Å². The molecule has 0 heterocycles. The Morgan fingerprint density at radius 3 is 2.57 bits per heavy atom. The average Bonchev–Trinajstić information content (AvgIpc) is 2.20. The molecule has 1 rings (SSSR count). The second kappa shape index (κ2) is 4.85. The second-order valence-electron chi connectivity index (χ2n) is 3.45. The average molecular weight is 189 g/mol. The van der Waals surface area contributed by atoms with Crippen molar-refractivity contribution in [2.75, 3.05) is 11.9 Å². The Labute approximate surface area is 86.8 Å². The van der Waals surface area contributed by atoms with Crippen molar-refractivity contribution in [1.29, 1.82) is 0 Å². The van der Waals surface area contributed by atoms with E-state index in [0.717, 1.165) is 13.0 Å². The predicted octanol–water partition coefficient (Wildman–Crippen LogP) is 3.63. The monoisotopic (exact) mass is 189 g/mol. The lowest BCUT2D eigenvalue weighted by Crippen LogP contribution is -2.00. The van der Waals surface area contributed by atoms with E-state index in [4.69, 9.17) is 0 Å². The maximum absolute atomic E-state index is 3.83. The summed E-state index contributed by atoms with van der Waals surface area (Å²) in [6.07, 6.45) is 2.99. The third kappa shape index (κ3) is 2.16. The lowest BCUT2D eigenvalue weighted by atomic mass is 10.0. The fourth-order valence-electron chi connectivity index (χ4n) is 1.67. The molecule has 76 valence electrons. The zero-order valence-corrected chi connectivity index (χ0v) is 9.35. The number of aryl methyl sites for hydroxylation is 2. The van der Waals surface area contributed by atoms with Gasteiger partial charge in [-0.05, 0) is 49.1 Å². The molecule has 0 saturated heterocycles. The second-order valence-corrected chi connectivity index (χ2v) is 3.45.